The third-order valence-electron chi connectivity index (χ3n) is 2.23. The van der Waals surface area contributed by atoms with Gasteiger partial charge in [-0.1, -0.05) is 0 Å². The van der Waals surface area contributed by atoms with Gasteiger partial charge in [0.25, 0.3) is 0 Å². The molecule has 6 heteroatoms. The van der Waals surface area contributed by atoms with Gasteiger partial charge in [-0.3, -0.25) is 0 Å². The molecule has 2 N–H and O–H groups in total. The molecule has 1 saturated carbocycles. The summed E-state index contributed by atoms with van der Waals surface area (Å²) in [4.78, 5) is 18.8. The minimum atomic E-state index is -1.60. The number of halogens is 1. The van der Waals surface area contributed by atoms with Crippen LogP contribution in [0, 0.1) is 0 Å². The molecule has 0 saturated heterocycles. The molecule has 0 aromatic carbocycles. The second kappa shape index (κ2) is 3.86. The van der Waals surface area contributed by atoms with E-state index in [0.717, 1.165) is 12.8 Å². The van der Waals surface area contributed by atoms with E-state index in [-0.39, 0.29) is 5.69 Å². The lowest BCUT2D eigenvalue weighted by molar-refractivity contribution is -0.147. The largest absolute Gasteiger partial charge is 0.479 e. The second-order valence-corrected chi connectivity index (χ2v) is 4.33. The first-order chi connectivity index (χ1) is 7.09. The number of aromatic nitrogens is 2. The summed E-state index contributed by atoms with van der Waals surface area (Å²) < 4.78 is 0.418. The molecule has 0 bridgehead atoms. The summed E-state index contributed by atoms with van der Waals surface area (Å²) in [7, 11) is 0. The quantitative estimate of drug-likeness (QED) is 0.865. The predicted molar refractivity (Wildman–Crippen MR) is 54.3 cm³/mol. The maximum absolute atomic E-state index is 10.6. The van der Waals surface area contributed by atoms with E-state index in [1.165, 1.54) is 6.20 Å². The van der Waals surface area contributed by atoms with Gasteiger partial charge in [-0.2, -0.15) is 0 Å². The average Bonchev–Trinajstić information content (AvgIpc) is 3.01. The van der Waals surface area contributed by atoms with Crippen LogP contribution in [0.15, 0.2) is 10.7 Å². The Morgan fingerprint density at radius 1 is 1.60 bits per heavy atom. The van der Waals surface area contributed by atoms with Gasteiger partial charge in [0.1, 0.15) is 5.82 Å². The highest BCUT2D eigenvalue weighted by molar-refractivity contribution is 9.10. The summed E-state index contributed by atoms with van der Waals surface area (Å²) in [6.07, 6.45) is 1.95. The van der Waals surface area contributed by atoms with E-state index in [0.29, 0.717) is 16.2 Å². The minimum absolute atomic E-state index is 0.124. The zero-order valence-electron chi connectivity index (χ0n) is 7.72. The molecule has 80 valence electrons. The fourth-order valence-corrected chi connectivity index (χ4v) is 1.65. The predicted octanol–water partition coefficient (Wildman–Crippen LogP) is 1.23. The lowest BCUT2D eigenvalue weighted by atomic mass is 10.2. The van der Waals surface area contributed by atoms with Gasteiger partial charge >= 0.3 is 5.97 Å². The number of aliphatic hydroxyl groups is 1. The first kappa shape index (κ1) is 10.5. The lowest BCUT2D eigenvalue weighted by Gasteiger charge is -2.08. The van der Waals surface area contributed by atoms with Gasteiger partial charge < -0.3 is 10.2 Å². The highest BCUT2D eigenvalue weighted by atomic mass is 79.9. The molecule has 1 fully saturated rings. The molecule has 2 rings (SSSR count). The smallest absolute Gasteiger partial charge is 0.338 e. The molecule has 1 aromatic rings. The molecule has 1 heterocycles. The van der Waals surface area contributed by atoms with Crippen LogP contribution >= 0.6 is 15.9 Å². The van der Waals surface area contributed by atoms with Crippen molar-refractivity contribution in [1.82, 2.24) is 9.97 Å². The van der Waals surface area contributed by atoms with Gasteiger partial charge in [-0.15, -0.1) is 0 Å². The van der Waals surface area contributed by atoms with E-state index in [4.69, 9.17) is 5.11 Å². The molecule has 1 atom stereocenters. The van der Waals surface area contributed by atoms with Crippen LogP contribution in [0.5, 0.6) is 0 Å². The molecule has 0 amide bonds. The van der Waals surface area contributed by atoms with Gasteiger partial charge in [0, 0.05) is 12.1 Å². The summed E-state index contributed by atoms with van der Waals surface area (Å²) in [5.74, 6) is -0.359. The van der Waals surface area contributed by atoms with Crippen LogP contribution < -0.4 is 0 Å². The molecule has 1 aliphatic carbocycles. The molecule has 1 aliphatic rings. The van der Waals surface area contributed by atoms with Crippen LogP contribution in [0.1, 0.15) is 36.4 Å². The number of carboxylic acid groups (broad SMARTS) is 1. The van der Waals surface area contributed by atoms with Crippen molar-refractivity contribution in [1.29, 1.82) is 0 Å². The number of aliphatic hydroxyl groups excluding tert-OH is 1. The number of carboxylic acids is 1. The van der Waals surface area contributed by atoms with Crippen LogP contribution in [-0.2, 0) is 4.79 Å². The molecule has 0 radical (unpaired) electrons. The SMILES string of the molecule is O=C(O)C(O)c1nc(C2CC2)ncc1Br. The van der Waals surface area contributed by atoms with E-state index >= 15 is 0 Å². The number of nitrogens with zero attached hydrogens (tertiary/aromatic N) is 2. The number of aliphatic carboxylic acids is 1. The summed E-state index contributed by atoms with van der Waals surface area (Å²) >= 11 is 3.12. The van der Waals surface area contributed by atoms with Crippen molar-refractivity contribution < 1.29 is 15.0 Å². The highest BCUT2D eigenvalue weighted by Gasteiger charge is 2.29. The Balaban J connectivity index is 2.35. The van der Waals surface area contributed by atoms with Gasteiger partial charge in [-0.25, -0.2) is 14.8 Å². The Labute approximate surface area is 94.3 Å². The first-order valence-electron chi connectivity index (χ1n) is 4.53. The van der Waals surface area contributed by atoms with Crippen molar-refractivity contribution in [2.75, 3.05) is 0 Å². The monoisotopic (exact) mass is 272 g/mol. The number of carbonyl (C=O) groups is 1. The molecule has 1 unspecified atom stereocenters. The van der Waals surface area contributed by atoms with Crippen LogP contribution in [0.3, 0.4) is 0 Å². The molecule has 1 aromatic heterocycles. The van der Waals surface area contributed by atoms with Crippen LogP contribution in [0.2, 0.25) is 0 Å². The third-order valence-corrected chi connectivity index (χ3v) is 2.84. The summed E-state index contributed by atoms with van der Waals surface area (Å²) in [6, 6.07) is 0. The minimum Gasteiger partial charge on any atom is -0.479 e. The van der Waals surface area contributed by atoms with Gasteiger partial charge in [0.05, 0.1) is 10.2 Å². The van der Waals surface area contributed by atoms with E-state index in [1.54, 1.807) is 0 Å². The van der Waals surface area contributed by atoms with E-state index in [9.17, 15) is 9.90 Å². The van der Waals surface area contributed by atoms with Crippen LogP contribution in [0.25, 0.3) is 0 Å². The summed E-state index contributed by atoms with van der Waals surface area (Å²) in [6.45, 7) is 0. The highest BCUT2D eigenvalue weighted by Crippen LogP contribution is 2.38. The van der Waals surface area contributed by atoms with Gasteiger partial charge in [0.2, 0.25) is 0 Å². The Hall–Kier alpha value is -1.01. The molecule has 5 nitrogen and oxygen atoms in total. The number of hydrogen-bond acceptors (Lipinski definition) is 4. The fourth-order valence-electron chi connectivity index (χ4n) is 1.24. The van der Waals surface area contributed by atoms with Crippen molar-refractivity contribution in [2.24, 2.45) is 0 Å². The molecule has 0 spiro atoms. The van der Waals surface area contributed by atoms with E-state index in [1.807, 2.05) is 0 Å². The van der Waals surface area contributed by atoms with Crippen molar-refractivity contribution >= 4 is 21.9 Å². The fraction of sp³-hybridized carbons (Fsp3) is 0.444. The van der Waals surface area contributed by atoms with Crippen LogP contribution in [-0.4, -0.2) is 26.2 Å². The maximum Gasteiger partial charge on any atom is 0.338 e. The summed E-state index contributed by atoms with van der Waals surface area (Å²) in [5.41, 5.74) is 0.124. The second-order valence-electron chi connectivity index (χ2n) is 3.48. The topological polar surface area (TPSA) is 83.3 Å². The third kappa shape index (κ3) is 2.15. The average molecular weight is 273 g/mol. The summed E-state index contributed by atoms with van der Waals surface area (Å²) in [5, 5.41) is 18.1. The van der Waals surface area contributed by atoms with Crippen molar-refractivity contribution in [2.45, 2.75) is 24.9 Å². The standard InChI is InChI=1S/C9H9BrN2O3/c10-5-3-11-8(4-1-2-4)12-6(5)7(13)9(14)15/h3-4,7,13H,1-2H2,(H,14,15). The zero-order valence-corrected chi connectivity index (χ0v) is 9.31. The molecule has 0 aliphatic heterocycles. The Bertz CT molecular complexity index is 406. The first-order valence-corrected chi connectivity index (χ1v) is 5.32. The Morgan fingerprint density at radius 3 is 2.80 bits per heavy atom. The van der Waals surface area contributed by atoms with E-state index < -0.39 is 12.1 Å². The molecular weight excluding hydrogens is 264 g/mol. The Kier molecular flexibility index (Phi) is 2.70. The van der Waals surface area contributed by atoms with Gasteiger partial charge in [0.15, 0.2) is 6.10 Å². The Morgan fingerprint density at radius 2 is 2.27 bits per heavy atom. The normalized spacial score (nSPS) is 17.5. The number of hydrogen-bond donors (Lipinski definition) is 2. The lowest BCUT2D eigenvalue weighted by Crippen LogP contribution is -2.14. The molecular formula is C9H9BrN2O3. The van der Waals surface area contributed by atoms with Crippen LogP contribution in [0.4, 0.5) is 0 Å². The van der Waals surface area contributed by atoms with Crippen molar-refractivity contribution in [3.05, 3.63) is 22.2 Å². The number of rotatable bonds is 3. The van der Waals surface area contributed by atoms with E-state index in [2.05, 4.69) is 25.9 Å². The maximum atomic E-state index is 10.6. The van der Waals surface area contributed by atoms with Crippen molar-refractivity contribution in [3.8, 4) is 0 Å². The zero-order chi connectivity index (χ0) is 11.0. The van der Waals surface area contributed by atoms with Gasteiger partial charge in [-0.05, 0) is 28.8 Å². The molecule has 15 heavy (non-hydrogen) atoms. The van der Waals surface area contributed by atoms with Crippen molar-refractivity contribution in [3.63, 3.8) is 0 Å².